The molecule has 0 aliphatic carbocycles. The summed E-state index contributed by atoms with van der Waals surface area (Å²) in [5.74, 6) is -6.59. The number of hydrogen-bond donors (Lipinski definition) is 0. The smallest absolute Gasteiger partial charge is 0.338 e. The van der Waals surface area contributed by atoms with Crippen LogP contribution in [0.25, 0.3) is 5.69 Å². The summed E-state index contributed by atoms with van der Waals surface area (Å²) in [6, 6.07) is 72.1. The molecule has 2 aliphatic rings. The van der Waals surface area contributed by atoms with Crippen molar-refractivity contribution < 1.29 is 80.9 Å². The predicted octanol–water partition coefficient (Wildman–Crippen LogP) is 12.1. The Morgan fingerprint density at radius 1 is 0.364 bits per heavy atom. The molecule has 0 N–H and O–H groups in total. The second kappa shape index (κ2) is 33.3. The van der Waals surface area contributed by atoms with Crippen LogP contribution >= 0.6 is 33.1 Å². The first-order valence-electron chi connectivity index (χ1n) is 31.0. The zero-order valence-electron chi connectivity index (χ0n) is 52.6. The molecule has 0 unspecified atom stereocenters. The quantitative estimate of drug-likeness (QED) is 0.0369. The maximum absolute atomic E-state index is 15.1. The minimum atomic E-state index is -2.11. The summed E-state index contributed by atoms with van der Waals surface area (Å²) in [4.78, 5) is 114. The van der Waals surface area contributed by atoms with Crippen LogP contribution in [-0.2, 0) is 47.4 Å². The van der Waals surface area contributed by atoms with Crippen LogP contribution in [0.15, 0.2) is 277 Å². The van der Waals surface area contributed by atoms with Crippen LogP contribution < -0.4 is 9.60 Å². The Morgan fingerprint density at radius 3 is 1.09 bits per heavy atom. The molecule has 99 heavy (non-hydrogen) atoms. The highest BCUT2D eigenvalue weighted by Gasteiger charge is 2.58. The molecule has 2 fully saturated rings. The van der Waals surface area contributed by atoms with E-state index in [1.165, 1.54) is 106 Å². The van der Waals surface area contributed by atoms with Gasteiger partial charge in [0.05, 0.1) is 50.3 Å². The van der Waals surface area contributed by atoms with Gasteiger partial charge in [-0.1, -0.05) is 163 Å². The molecule has 0 radical (unpaired) electrons. The molecule has 0 spiro atoms. The van der Waals surface area contributed by atoms with E-state index in [1.807, 2.05) is 61.5 Å². The summed E-state index contributed by atoms with van der Waals surface area (Å²) in [6.07, 6.45) is -18.6. The number of rotatable bonds is 21. The lowest BCUT2D eigenvalue weighted by molar-refractivity contribution is -0.338. The maximum Gasteiger partial charge on any atom is 0.338 e. The lowest BCUT2D eigenvalue weighted by Crippen LogP contribution is -2.67. The number of carbonyl (C=O) groups excluding carboxylic acids is 7. The Labute approximate surface area is 581 Å². The van der Waals surface area contributed by atoms with Crippen molar-refractivity contribution in [2.45, 2.75) is 68.3 Å². The molecule has 9 aromatic carbocycles. The number of aryl methyl sites for hydroxylation is 1. The molecule has 0 bridgehead atoms. The number of aromatic nitrogens is 1. The molecule has 12 rings (SSSR count). The van der Waals surface area contributed by atoms with Gasteiger partial charge in [-0.15, -0.1) is 12.4 Å². The van der Waals surface area contributed by atoms with Crippen molar-refractivity contribution in [2.75, 3.05) is 13.2 Å². The van der Waals surface area contributed by atoms with Gasteiger partial charge in [-0.3, -0.25) is 4.57 Å². The van der Waals surface area contributed by atoms with Crippen LogP contribution in [0.4, 0.5) is 5.69 Å². The molecular formula is C76H62ClN3O17S2. The summed E-state index contributed by atoms with van der Waals surface area (Å²) in [5, 5.41) is 0. The third-order valence-corrected chi connectivity index (χ3v) is 17.7. The Bertz CT molecular complexity index is 4520. The summed E-state index contributed by atoms with van der Waals surface area (Å²) in [7, 11) is 2.47. The van der Waals surface area contributed by atoms with Gasteiger partial charge in [0, 0.05) is 0 Å². The first-order valence-corrected chi connectivity index (χ1v) is 33.2. The Balaban J connectivity index is 0.00000990. The number of ether oxygens (including phenoxy) is 10. The minimum Gasteiger partial charge on any atom is -0.459 e. The first kappa shape index (κ1) is 69.4. The molecule has 20 nitrogen and oxygen atoms in total. The third-order valence-electron chi connectivity index (χ3n) is 15.6. The van der Waals surface area contributed by atoms with Gasteiger partial charge in [-0.05, 0) is 137 Å². The lowest BCUT2D eigenvalue weighted by Gasteiger charge is -2.48. The lowest BCUT2D eigenvalue weighted by atomic mass is 9.95. The van der Waals surface area contributed by atoms with Crippen molar-refractivity contribution in [1.82, 2.24) is 4.57 Å². The molecule has 10 aromatic rings. The van der Waals surface area contributed by atoms with Crippen LogP contribution in [0, 0.1) is 6.92 Å². The number of carbonyl (C=O) groups is 7. The number of halogens is 1. The monoisotopic (exact) mass is 1390 g/mol. The number of esters is 7. The largest absolute Gasteiger partial charge is 0.459 e. The topological polar surface area (TPSA) is 241 Å². The number of hydrogen-bond acceptors (Lipinski definition) is 21. The van der Waals surface area contributed by atoms with E-state index in [1.54, 1.807) is 132 Å². The molecule has 2 saturated heterocycles. The SMILES string of the molecule is Cc1ccc(-n2c(=Nc3ccccc3)ss/c2=N\[C@@H]2O[C@H](COC(=O)c3ccccc3)[C@@H](O[C@@H]3O[C@H](COC(=O)c4ccccc4)[C@H](OC(=O)c4ccccc4)[C@H](OC(=O)c4ccccc4)[C@H]3OC(=O)c3ccccc3)[C@H](OC(=O)c3ccccc3)[C@H]2OC(=O)c2ccccc2)cc1.Cl. The van der Waals surface area contributed by atoms with E-state index in [2.05, 4.69) is 0 Å². The number of benzene rings is 9. The Hall–Kier alpha value is -11.0. The summed E-state index contributed by atoms with van der Waals surface area (Å²) in [5.41, 5.74) is 2.59. The van der Waals surface area contributed by atoms with Gasteiger partial charge >= 0.3 is 41.8 Å². The van der Waals surface area contributed by atoms with Crippen molar-refractivity contribution in [3.05, 3.63) is 321 Å². The molecule has 23 heteroatoms. The van der Waals surface area contributed by atoms with Gasteiger partial charge in [0.25, 0.3) is 0 Å². The van der Waals surface area contributed by atoms with Crippen molar-refractivity contribution in [3.8, 4) is 5.69 Å². The van der Waals surface area contributed by atoms with Crippen molar-refractivity contribution in [2.24, 2.45) is 9.98 Å². The first-order chi connectivity index (χ1) is 47.9. The van der Waals surface area contributed by atoms with Crippen LogP contribution in [0.1, 0.15) is 78.1 Å². The normalized spacial score (nSPS) is 20.5. The average molecular weight is 1390 g/mol. The summed E-state index contributed by atoms with van der Waals surface area (Å²) < 4.78 is 67.6. The van der Waals surface area contributed by atoms with E-state index in [0.717, 1.165) is 5.56 Å². The Morgan fingerprint density at radius 2 is 0.687 bits per heavy atom. The fourth-order valence-corrected chi connectivity index (χ4v) is 12.9. The molecule has 502 valence electrons. The van der Waals surface area contributed by atoms with Gasteiger partial charge in [0.2, 0.25) is 9.60 Å². The highest BCUT2D eigenvalue weighted by molar-refractivity contribution is 7.67. The third kappa shape index (κ3) is 17.4. The van der Waals surface area contributed by atoms with Gasteiger partial charge in [-0.25, -0.2) is 43.5 Å². The molecule has 1 aromatic heterocycles. The van der Waals surface area contributed by atoms with Gasteiger partial charge in [0.1, 0.15) is 31.5 Å². The van der Waals surface area contributed by atoms with Crippen molar-refractivity contribution >= 4 is 80.6 Å². The number of nitrogens with zero attached hydrogens (tertiary/aromatic N) is 3. The van der Waals surface area contributed by atoms with E-state index >= 15 is 4.79 Å². The summed E-state index contributed by atoms with van der Waals surface area (Å²) >= 11 is 0. The number of para-hydroxylation sites is 1. The molecule has 3 heterocycles. The zero-order chi connectivity index (χ0) is 67.7. The van der Waals surface area contributed by atoms with E-state index in [4.69, 9.17) is 57.4 Å². The van der Waals surface area contributed by atoms with Crippen molar-refractivity contribution in [3.63, 3.8) is 0 Å². The minimum absolute atomic E-state index is 0. The molecule has 2 aliphatic heterocycles. The maximum atomic E-state index is 15.1. The van der Waals surface area contributed by atoms with E-state index in [9.17, 15) is 28.8 Å². The highest BCUT2D eigenvalue weighted by Crippen LogP contribution is 2.38. The highest BCUT2D eigenvalue weighted by atomic mass is 35.5. The van der Waals surface area contributed by atoms with Gasteiger partial charge in [0.15, 0.2) is 43.0 Å². The standard InChI is InChI=1S/C76H61N3O17S2.ClH/c1-48-42-44-57(45-43-48)79-75(77-56-40-24-9-25-41-56)97-98-76(79)78-66-64(94-72(85)54-36-20-7-21-37-54)62(92-70(83)52-32-16-5-17-33-52)61(58(89-66)46-87-67(80)49-26-10-2-11-27-49)96-74-65(95-73(86)55-38-22-8-23-39-55)63(93-71(84)53-34-18-6-19-35-53)60(91-69(82)51-30-14-4-15-31-51)59(90-74)47-88-68(81)50-28-12-3-13-29-50;/h2-45,58-66,74H,46-47H2,1H3;1H/b77-75?,78-76-;/t58-,59-,60+,61-,62+,63+,64-,65-,66-,74+;/m1./s1. The zero-order valence-corrected chi connectivity index (χ0v) is 55.0. The van der Waals surface area contributed by atoms with Crippen molar-refractivity contribution in [1.29, 1.82) is 0 Å². The Kier molecular flexibility index (Phi) is 23.3. The van der Waals surface area contributed by atoms with E-state index in [0.29, 0.717) is 16.2 Å². The van der Waals surface area contributed by atoms with E-state index < -0.39 is 116 Å². The van der Waals surface area contributed by atoms with Crippen LogP contribution in [0.3, 0.4) is 0 Å². The molecule has 10 atom stereocenters. The van der Waals surface area contributed by atoms with E-state index in [-0.39, 0.29) is 56.2 Å². The molecular weight excluding hydrogens is 1330 g/mol. The van der Waals surface area contributed by atoms with Crippen LogP contribution in [0.5, 0.6) is 0 Å². The summed E-state index contributed by atoms with van der Waals surface area (Å²) in [6.45, 7) is 0.453. The predicted molar refractivity (Wildman–Crippen MR) is 365 cm³/mol. The van der Waals surface area contributed by atoms with Gasteiger partial charge in [-0.2, -0.15) is 0 Å². The molecule has 0 saturated carbocycles. The fraction of sp³-hybridized carbons (Fsp3) is 0.171. The van der Waals surface area contributed by atoms with Crippen LogP contribution in [0.2, 0.25) is 0 Å². The molecule has 0 amide bonds. The fourth-order valence-electron chi connectivity index (χ4n) is 10.7. The van der Waals surface area contributed by atoms with Crippen LogP contribution in [-0.4, -0.2) is 121 Å². The second-order valence-corrected chi connectivity index (χ2v) is 24.4. The average Bonchev–Trinajstić information content (AvgIpc) is 1.29. The second-order valence-electron chi connectivity index (χ2n) is 22.3. The van der Waals surface area contributed by atoms with Gasteiger partial charge < -0.3 is 47.4 Å².